The van der Waals surface area contributed by atoms with Crippen LogP contribution in [0.5, 0.6) is 0 Å². The molecule has 0 saturated carbocycles. The van der Waals surface area contributed by atoms with Crippen LogP contribution in [0, 0.1) is 0 Å². The van der Waals surface area contributed by atoms with E-state index in [-0.39, 0.29) is 30.2 Å². The Morgan fingerprint density at radius 2 is 2.00 bits per heavy atom. The Hall–Kier alpha value is -2.31. The zero-order chi connectivity index (χ0) is 14.3. The lowest BCUT2D eigenvalue weighted by molar-refractivity contribution is -0.120. The molecule has 0 aliphatic rings. The highest BCUT2D eigenvalue weighted by atomic mass is 16.4. The van der Waals surface area contributed by atoms with Crippen LogP contribution in [0.1, 0.15) is 40.7 Å². The van der Waals surface area contributed by atoms with E-state index >= 15 is 0 Å². The van der Waals surface area contributed by atoms with Crippen molar-refractivity contribution in [3.8, 4) is 0 Å². The zero-order valence-electron chi connectivity index (χ0n) is 10.6. The monoisotopic (exact) mass is 268 g/mol. The molecule has 0 radical (unpaired) electrons. The van der Waals surface area contributed by atoms with Gasteiger partial charge in [-0.1, -0.05) is 6.92 Å². The molecule has 2 amide bonds. The molecular weight excluding hydrogens is 252 g/mol. The lowest BCUT2D eigenvalue weighted by Crippen LogP contribution is -2.30. The molecule has 1 aromatic rings. The Bertz CT molecular complexity index is 466. The van der Waals surface area contributed by atoms with Gasteiger partial charge in [0.1, 0.15) is 6.26 Å². The largest absolute Gasteiger partial charge is 0.478 e. The normalized spacial score (nSPS) is 9.95. The minimum atomic E-state index is -1.17. The number of carboxylic acid groups (broad SMARTS) is 1. The van der Waals surface area contributed by atoms with E-state index in [9.17, 15) is 14.4 Å². The van der Waals surface area contributed by atoms with Crippen molar-refractivity contribution < 1.29 is 23.9 Å². The van der Waals surface area contributed by atoms with Crippen molar-refractivity contribution in [2.45, 2.75) is 19.8 Å². The van der Waals surface area contributed by atoms with Crippen LogP contribution in [0.25, 0.3) is 0 Å². The molecule has 19 heavy (non-hydrogen) atoms. The Labute approximate surface area is 110 Å². The van der Waals surface area contributed by atoms with Gasteiger partial charge in [-0.05, 0) is 6.42 Å². The van der Waals surface area contributed by atoms with Crippen molar-refractivity contribution >= 4 is 17.8 Å². The second-order valence-electron chi connectivity index (χ2n) is 3.86. The topological polar surface area (TPSA) is 109 Å². The highest BCUT2D eigenvalue weighted by Crippen LogP contribution is 2.07. The van der Waals surface area contributed by atoms with Gasteiger partial charge >= 0.3 is 5.97 Å². The van der Waals surface area contributed by atoms with Crippen molar-refractivity contribution in [2.75, 3.05) is 13.1 Å². The van der Waals surface area contributed by atoms with E-state index in [1.807, 2.05) is 6.92 Å². The van der Waals surface area contributed by atoms with Gasteiger partial charge in [-0.2, -0.15) is 0 Å². The van der Waals surface area contributed by atoms with E-state index in [0.717, 1.165) is 18.8 Å². The number of amides is 2. The summed E-state index contributed by atoms with van der Waals surface area (Å²) >= 11 is 0. The first-order valence-electron chi connectivity index (χ1n) is 5.91. The van der Waals surface area contributed by atoms with Crippen LogP contribution in [-0.2, 0) is 4.79 Å². The van der Waals surface area contributed by atoms with Gasteiger partial charge in [0, 0.05) is 25.6 Å². The average molecular weight is 268 g/mol. The van der Waals surface area contributed by atoms with E-state index in [1.165, 1.54) is 0 Å². The number of nitrogens with one attached hydrogen (secondary N) is 2. The number of rotatable bonds is 7. The van der Waals surface area contributed by atoms with Crippen LogP contribution in [0.4, 0.5) is 0 Å². The average Bonchev–Trinajstić information content (AvgIpc) is 2.86. The summed E-state index contributed by atoms with van der Waals surface area (Å²) in [6.45, 7) is 2.71. The predicted molar refractivity (Wildman–Crippen MR) is 65.9 cm³/mol. The van der Waals surface area contributed by atoms with Gasteiger partial charge in [-0.25, -0.2) is 4.79 Å². The Kier molecular flexibility index (Phi) is 5.59. The molecular formula is C12H16N2O5. The number of carbonyl (C=O) groups excluding carboxylic acids is 2. The van der Waals surface area contributed by atoms with Crippen molar-refractivity contribution in [3.05, 3.63) is 23.7 Å². The molecule has 0 aromatic carbocycles. The number of furan rings is 1. The van der Waals surface area contributed by atoms with Crippen LogP contribution in [0.3, 0.4) is 0 Å². The van der Waals surface area contributed by atoms with Gasteiger partial charge in [0.15, 0.2) is 5.76 Å². The highest BCUT2D eigenvalue weighted by molar-refractivity contribution is 5.95. The second kappa shape index (κ2) is 7.20. The molecule has 7 heteroatoms. The fraction of sp³-hybridized carbons (Fsp3) is 0.417. The predicted octanol–water partition coefficient (Wildman–Crippen LogP) is 0.624. The quantitative estimate of drug-likeness (QED) is 0.671. The first-order chi connectivity index (χ1) is 9.04. The summed E-state index contributed by atoms with van der Waals surface area (Å²) < 4.78 is 4.82. The van der Waals surface area contributed by atoms with Gasteiger partial charge in [0.25, 0.3) is 5.91 Å². The highest BCUT2D eigenvalue weighted by Gasteiger charge is 2.14. The number of carbonyl (C=O) groups is 3. The van der Waals surface area contributed by atoms with Crippen molar-refractivity contribution in [3.63, 3.8) is 0 Å². The van der Waals surface area contributed by atoms with Crippen LogP contribution in [0.15, 0.2) is 16.7 Å². The molecule has 0 aliphatic carbocycles. The minimum Gasteiger partial charge on any atom is -0.478 e. The molecule has 7 nitrogen and oxygen atoms in total. The summed E-state index contributed by atoms with van der Waals surface area (Å²) in [5.74, 6) is -1.95. The molecule has 0 unspecified atom stereocenters. The summed E-state index contributed by atoms with van der Waals surface area (Å²) in [7, 11) is 0. The van der Waals surface area contributed by atoms with E-state index in [0.29, 0.717) is 6.54 Å². The first-order valence-corrected chi connectivity index (χ1v) is 5.91. The molecule has 1 heterocycles. The van der Waals surface area contributed by atoms with E-state index < -0.39 is 11.9 Å². The summed E-state index contributed by atoms with van der Waals surface area (Å²) in [4.78, 5) is 33.4. The van der Waals surface area contributed by atoms with Gasteiger partial charge in [0.05, 0.1) is 5.56 Å². The van der Waals surface area contributed by atoms with Gasteiger partial charge < -0.3 is 20.2 Å². The van der Waals surface area contributed by atoms with Crippen LogP contribution in [-0.4, -0.2) is 36.0 Å². The van der Waals surface area contributed by atoms with Gasteiger partial charge in [-0.15, -0.1) is 0 Å². The van der Waals surface area contributed by atoms with Crippen molar-refractivity contribution in [2.24, 2.45) is 0 Å². The minimum absolute atomic E-state index is 0.0913. The molecule has 0 bridgehead atoms. The zero-order valence-corrected chi connectivity index (χ0v) is 10.6. The summed E-state index contributed by atoms with van der Waals surface area (Å²) in [6, 6.07) is 1.13. The number of carboxylic acids is 1. The molecule has 0 aliphatic heterocycles. The van der Waals surface area contributed by atoms with Gasteiger partial charge in [-0.3, -0.25) is 9.59 Å². The third-order valence-electron chi connectivity index (χ3n) is 2.28. The van der Waals surface area contributed by atoms with Gasteiger partial charge in [0.2, 0.25) is 5.91 Å². The third kappa shape index (κ3) is 4.82. The summed E-state index contributed by atoms with van der Waals surface area (Å²) in [6.07, 6.45) is 2.01. The molecule has 3 N–H and O–H groups in total. The Balaban J connectivity index is 2.34. The number of hydrogen-bond donors (Lipinski definition) is 3. The van der Waals surface area contributed by atoms with Crippen molar-refractivity contribution in [1.29, 1.82) is 0 Å². The lowest BCUT2D eigenvalue weighted by atomic mass is 10.3. The molecule has 1 aromatic heterocycles. The Morgan fingerprint density at radius 1 is 1.26 bits per heavy atom. The van der Waals surface area contributed by atoms with Crippen LogP contribution < -0.4 is 10.6 Å². The number of aromatic carboxylic acids is 1. The van der Waals surface area contributed by atoms with Crippen LogP contribution in [0.2, 0.25) is 0 Å². The van der Waals surface area contributed by atoms with E-state index in [1.54, 1.807) is 0 Å². The fourth-order valence-corrected chi connectivity index (χ4v) is 1.30. The summed E-state index contributed by atoms with van der Waals surface area (Å²) in [5, 5.41) is 13.8. The second-order valence-corrected chi connectivity index (χ2v) is 3.86. The third-order valence-corrected chi connectivity index (χ3v) is 2.28. The molecule has 0 atom stereocenters. The smallest absolute Gasteiger partial charge is 0.338 e. The standard InChI is InChI=1S/C12H16N2O5/c1-2-4-13-10(15)3-5-14-11(16)9-6-8(7-19-9)12(17)18/h6-7H,2-5H2,1H3,(H,13,15)(H,14,16)(H,17,18). The molecule has 104 valence electrons. The maximum atomic E-state index is 11.5. The SMILES string of the molecule is CCCNC(=O)CCNC(=O)c1cc(C(=O)O)co1. The van der Waals surface area contributed by atoms with Crippen LogP contribution >= 0.6 is 0 Å². The maximum absolute atomic E-state index is 11.5. The molecule has 1 rings (SSSR count). The van der Waals surface area contributed by atoms with Crippen molar-refractivity contribution in [1.82, 2.24) is 10.6 Å². The molecule has 0 saturated heterocycles. The van der Waals surface area contributed by atoms with E-state index in [4.69, 9.17) is 9.52 Å². The number of hydrogen-bond acceptors (Lipinski definition) is 4. The fourth-order valence-electron chi connectivity index (χ4n) is 1.30. The lowest BCUT2D eigenvalue weighted by Gasteiger charge is -2.04. The van der Waals surface area contributed by atoms with E-state index in [2.05, 4.69) is 10.6 Å². The maximum Gasteiger partial charge on any atom is 0.338 e. The Morgan fingerprint density at radius 3 is 2.58 bits per heavy atom. The summed E-state index contributed by atoms with van der Waals surface area (Å²) in [5.41, 5.74) is -0.0918. The molecule has 0 fully saturated rings. The molecule has 0 spiro atoms. The first kappa shape index (κ1) is 14.7.